The average Bonchev–Trinajstić information content (AvgIpc) is 4.00. The van der Waals surface area contributed by atoms with Crippen molar-refractivity contribution in [2.75, 3.05) is 0 Å². The number of aromatic nitrogens is 4. The Bertz CT molecular complexity index is 3090. The number of nitrogens with zero attached hydrogens (tertiary/aromatic N) is 4. The van der Waals surface area contributed by atoms with E-state index in [9.17, 15) is 0 Å². The van der Waals surface area contributed by atoms with E-state index in [-0.39, 0.29) is 0 Å². The maximum absolute atomic E-state index is 2.37. The Morgan fingerprint density at radius 3 is 0.907 bits per heavy atom. The van der Waals surface area contributed by atoms with Crippen LogP contribution in [-0.2, 0) is 0 Å². The largest absolute Gasteiger partial charge is 0.317 e. The summed E-state index contributed by atoms with van der Waals surface area (Å²) in [5.41, 5.74) is 11.9. The first kappa shape index (κ1) is 29.3. The third-order valence-corrected chi connectivity index (χ3v) is 11.4. The second kappa shape index (κ2) is 11.1. The molecule has 0 unspecified atom stereocenters. The second-order valence-electron chi connectivity index (χ2n) is 14.3. The van der Waals surface area contributed by atoms with Gasteiger partial charge in [-0.1, -0.05) is 72.8 Å². The minimum atomic E-state index is 1.14. The van der Waals surface area contributed by atoms with Crippen LogP contribution < -0.4 is 0 Å². The van der Waals surface area contributed by atoms with E-state index >= 15 is 0 Å². The van der Waals surface area contributed by atoms with Crippen molar-refractivity contribution in [3.8, 4) is 22.7 Å². The zero-order valence-electron chi connectivity index (χ0n) is 29.3. The van der Waals surface area contributed by atoms with E-state index in [1.54, 1.807) is 0 Å². The van der Waals surface area contributed by atoms with Gasteiger partial charge in [-0.2, -0.15) is 0 Å². The number of para-hydroxylation sites is 4. The third kappa shape index (κ3) is 4.19. The third-order valence-electron chi connectivity index (χ3n) is 11.4. The van der Waals surface area contributed by atoms with Crippen molar-refractivity contribution < 1.29 is 0 Å². The molecule has 0 aliphatic heterocycles. The molecule has 0 amide bonds. The molecule has 8 aromatic carbocycles. The lowest BCUT2D eigenvalue weighted by Crippen LogP contribution is -1.96. The molecule has 0 bridgehead atoms. The fourth-order valence-corrected chi connectivity index (χ4v) is 8.89. The monoisotopic (exact) mass is 688 g/mol. The van der Waals surface area contributed by atoms with Crippen LogP contribution in [0.2, 0.25) is 0 Å². The molecule has 0 spiro atoms. The lowest BCUT2D eigenvalue weighted by Gasteiger charge is -2.12. The van der Waals surface area contributed by atoms with Crippen LogP contribution in [0, 0.1) is 0 Å². The van der Waals surface area contributed by atoms with Gasteiger partial charge in [0.25, 0.3) is 0 Å². The van der Waals surface area contributed by atoms with Gasteiger partial charge in [0.2, 0.25) is 0 Å². The standard InChI is InChI=1S/C50H32N4/c1-5-13-45-41(9-1)42-10-2-6-14-46(42)53(45)39-21-17-37(18-22-39)51-27-25-33-29-36-32-50-34(30-35(36)31-49(33)51)26-28-52(50)38-19-23-40(24-20-38)54-47-15-7-3-11-43(47)44-12-4-8-16-48(44)54/h1-32H. The van der Waals surface area contributed by atoms with Crippen molar-refractivity contribution in [2.45, 2.75) is 0 Å². The molecular formula is C50H32N4. The lowest BCUT2D eigenvalue weighted by molar-refractivity contribution is 1.11. The van der Waals surface area contributed by atoms with E-state index in [1.165, 1.54) is 76.2 Å². The van der Waals surface area contributed by atoms with Gasteiger partial charge >= 0.3 is 0 Å². The topological polar surface area (TPSA) is 19.7 Å². The molecule has 4 nitrogen and oxygen atoms in total. The number of hydrogen-bond donors (Lipinski definition) is 0. The summed E-state index contributed by atoms with van der Waals surface area (Å²) >= 11 is 0. The first-order valence-corrected chi connectivity index (χ1v) is 18.5. The summed E-state index contributed by atoms with van der Waals surface area (Å²) in [6, 6.07) is 66.4. The van der Waals surface area contributed by atoms with Crippen LogP contribution in [-0.4, -0.2) is 18.3 Å². The van der Waals surface area contributed by atoms with Gasteiger partial charge in [0, 0.05) is 67.5 Å². The molecule has 0 aliphatic carbocycles. The maximum Gasteiger partial charge on any atom is 0.0541 e. The quantitative estimate of drug-likeness (QED) is 0.175. The van der Waals surface area contributed by atoms with Crippen molar-refractivity contribution in [1.82, 2.24) is 18.3 Å². The Morgan fingerprint density at radius 2 is 0.556 bits per heavy atom. The maximum atomic E-state index is 2.37. The summed E-state index contributed by atoms with van der Waals surface area (Å²) in [5, 5.41) is 10.0. The molecular weight excluding hydrogens is 657 g/mol. The average molecular weight is 689 g/mol. The molecule has 12 aromatic rings. The van der Waals surface area contributed by atoms with Crippen LogP contribution in [0.5, 0.6) is 0 Å². The van der Waals surface area contributed by atoms with Gasteiger partial charge < -0.3 is 18.3 Å². The summed E-state index contributed by atoms with van der Waals surface area (Å²) in [7, 11) is 0. The van der Waals surface area contributed by atoms with Crippen molar-refractivity contribution in [1.29, 1.82) is 0 Å². The fraction of sp³-hybridized carbons (Fsp3) is 0. The Kier molecular flexibility index (Phi) is 6.02. The van der Waals surface area contributed by atoms with Crippen LogP contribution in [0.15, 0.2) is 194 Å². The zero-order chi connectivity index (χ0) is 35.3. The molecule has 4 heterocycles. The SMILES string of the molecule is c1ccc2c(c1)c1ccccc1n2-c1ccc(-n2ccc3cc4cc5c(ccn5-c5ccc(-n6c7ccccc7c7ccccc76)cc5)cc4cc32)cc1. The molecule has 0 saturated heterocycles. The molecule has 0 aliphatic rings. The van der Waals surface area contributed by atoms with Crippen molar-refractivity contribution in [3.63, 3.8) is 0 Å². The second-order valence-corrected chi connectivity index (χ2v) is 14.3. The molecule has 4 heteroatoms. The van der Waals surface area contributed by atoms with Gasteiger partial charge in [-0.05, 0) is 120 Å². The summed E-state index contributed by atoms with van der Waals surface area (Å²) in [6.07, 6.45) is 4.38. The van der Waals surface area contributed by atoms with Crippen LogP contribution in [0.4, 0.5) is 0 Å². The number of hydrogen-bond acceptors (Lipinski definition) is 0. The van der Waals surface area contributed by atoms with Crippen molar-refractivity contribution in [2.24, 2.45) is 0 Å². The van der Waals surface area contributed by atoms with E-state index < -0.39 is 0 Å². The highest BCUT2D eigenvalue weighted by Crippen LogP contribution is 2.35. The van der Waals surface area contributed by atoms with Crippen LogP contribution in [0.1, 0.15) is 0 Å². The molecule has 0 fully saturated rings. The van der Waals surface area contributed by atoms with E-state index in [2.05, 4.69) is 213 Å². The molecule has 0 saturated carbocycles. The lowest BCUT2D eigenvalue weighted by atomic mass is 10.1. The Labute approximate surface area is 310 Å². The fourth-order valence-electron chi connectivity index (χ4n) is 8.89. The Morgan fingerprint density at radius 1 is 0.241 bits per heavy atom. The first-order chi connectivity index (χ1) is 26.8. The molecule has 0 atom stereocenters. The van der Waals surface area contributed by atoms with Gasteiger partial charge in [0.15, 0.2) is 0 Å². The van der Waals surface area contributed by atoms with Crippen LogP contribution >= 0.6 is 0 Å². The highest BCUT2D eigenvalue weighted by Gasteiger charge is 2.15. The smallest absolute Gasteiger partial charge is 0.0541 e. The van der Waals surface area contributed by atoms with E-state index in [4.69, 9.17) is 0 Å². The van der Waals surface area contributed by atoms with Gasteiger partial charge in [-0.3, -0.25) is 0 Å². The molecule has 12 rings (SSSR count). The molecule has 252 valence electrons. The molecule has 4 aromatic heterocycles. The van der Waals surface area contributed by atoms with Crippen LogP contribution in [0.25, 0.3) is 98.9 Å². The first-order valence-electron chi connectivity index (χ1n) is 18.5. The molecule has 0 N–H and O–H groups in total. The van der Waals surface area contributed by atoms with E-state index in [0.717, 1.165) is 22.7 Å². The summed E-state index contributed by atoms with van der Waals surface area (Å²) in [6.45, 7) is 0. The minimum absolute atomic E-state index is 1.14. The minimum Gasteiger partial charge on any atom is -0.317 e. The predicted molar refractivity (Wildman–Crippen MR) is 226 cm³/mol. The Hall–Kier alpha value is -7.30. The molecule has 54 heavy (non-hydrogen) atoms. The normalized spacial score (nSPS) is 12.1. The van der Waals surface area contributed by atoms with Gasteiger partial charge in [-0.15, -0.1) is 0 Å². The number of rotatable bonds is 4. The van der Waals surface area contributed by atoms with Crippen LogP contribution in [0.3, 0.4) is 0 Å². The summed E-state index contributed by atoms with van der Waals surface area (Å²) in [4.78, 5) is 0. The zero-order valence-corrected chi connectivity index (χ0v) is 29.3. The van der Waals surface area contributed by atoms with Crippen molar-refractivity contribution in [3.05, 3.63) is 194 Å². The predicted octanol–water partition coefficient (Wildman–Crippen LogP) is 12.9. The number of fused-ring (bicyclic) bond motifs is 9. The van der Waals surface area contributed by atoms with Gasteiger partial charge in [0.05, 0.1) is 33.1 Å². The van der Waals surface area contributed by atoms with Gasteiger partial charge in [0.1, 0.15) is 0 Å². The van der Waals surface area contributed by atoms with E-state index in [1.807, 2.05) is 0 Å². The number of benzene rings is 8. The van der Waals surface area contributed by atoms with E-state index in [0.29, 0.717) is 0 Å². The molecule has 0 radical (unpaired) electrons. The van der Waals surface area contributed by atoms with Crippen molar-refractivity contribution >= 4 is 76.2 Å². The Balaban J connectivity index is 0.905. The summed E-state index contributed by atoms with van der Waals surface area (Å²) < 4.78 is 9.34. The highest BCUT2D eigenvalue weighted by atomic mass is 15.0. The van der Waals surface area contributed by atoms with Gasteiger partial charge in [-0.25, -0.2) is 0 Å². The highest BCUT2D eigenvalue weighted by molar-refractivity contribution is 6.10. The summed E-state index contributed by atoms with van der Waals surface area (Å²) in [5.74, 6) is 0.